The van der Waals surface area contributed by atoms with E-state index in [-0.39, 0.29) is 21.6 Å². The molecule has 0 spiro atoms. The first-order valence-corrected chi connectivity index (χ1v) is 7.89. The highest BCUT2D eigenvalue weighted by molar-refractivity contribution is 7.92. The average Bonchev–Trinajstić information content (AvgIpc) is 2.97. The lowest BCUT2D eigenvalue weighted by atomic mass is 10.2. The van der Waals surface area contributed by atoms with Gasteiger partial charge in [-0.25, -0.2) is 4.98 Å². The number of sulfonamides is 1. The van der Waals surface area contributed by atoms with E-state index in [0.29, 0.717) is 12.1 Å². The van der Waals surface area contributed by atoms with E-state index in [4.69, 9.17) is 11.6 Å². The van der Waals surface area contributed by atoms with Gasteiger partial charge in [-0.15, -0.1) is 0 Å². The number of H-pyrrole nitrogens is 1. The van der Waals surface area contributed by atoms with Gasteiger partial charge < -0.3 is 10.3 Å². The van der Waals surface area contributed by atoms with Crippen LogP contribution < -0.4 is 10.0 Å². The zero-order valence-corrected chi connectivity index (χ0v) is 12.6. The van der Waals surface area contributed by atoms with Crippen LogP contribution in [0.4, 0.5) is 11.4 Å². The van der Waals surface area contributed by atoms with Crippen LogP contribution in [0.25, 0.3) is 0 Å². The fraction of sp³-hybridized carbons (Fsp3) is 0.167. The van der Waals surface area contributed by atoms with Crippen molar-refractivity contribution in [1.82, 2.24) is 9.97 Å². The lowest BCUT2D eigenvalue weighted by Gasteiger charge is -2.10. The predicted molar refractivity (Wildman–Crippen MR) is 79.8 cm³/mol. The second kappa shape index (κ2) is 6.15. The van der Waals surface area contributed by atoms with Gasteiger partial charge in [-0.3, -0.25) is 9.52 Å². The molecule has 3 N–H and O–H groups in total. The van der Waals surface area contributed by atoms with E-state index < -0.39 is 10.0 Å². The molecule has 9 heteroatoms. The van der Waals surface area contributed by atoms with Crippen LogP contribution in [0.3, 0.4) is 0 Å². The van der Waals surface area contributed by atoms with E-state index in [0.717, 1.165) is 0 Å². The zero-order valence-electron chi connectivity index (χ0n) is 11.1. The van der Waals surface area contributed by atoms with E-state index in [1.165, 1.54) is 24.7 Å². The van der Waals surface area contributed by atoms with Crippen LogP contribution in [0.2, 0.25) is 5.02 Å². The number of halogens is 1. The van der Waals surface area contributed by atoms with Crippen LogP contribution in [0.1, 0.15) is 13.3 Å². The Balaban J connectivity index is 2.27. The molecule has 112 valence electrons. The molecule has 0 unspecified atom stereocenters. The van der Waals surface area contributed by atoms with Gasteiger partial charge in [0.05, 0.1) is 23.2 Å². The number of amides is 1. The van der Waals surface area contributed by atoms with Crippen molar-refractivity contribution in [3.8, 4) is 0 Å². The minimum absolute atomic E-state index is 0.0819. The number of anilines is 2. The number of carbonyl (C=O) groups excluding carboxylic acids is 1. The van der Waals surface area contributed by atoms with E-state index in [2.05, 4.69) is 20.0 Å². The molecular weight excluding hydrogens is 316 g/mol. The smallest absolute Gasteiger partial charge is 0.279 e. The number of carbonyl (C=O) groups is 1. The van der Waals surface area contributed by atoms with Gasteiger partial charge in [0, 0.05) is 12.1 Å². The summed E-state index contributed by atoms with van der Waals surface area (Å²) in [6, 6.07) is 4.53. The summed E-state index contributed by atoms with van der Waals surface area (Å²) in [5.74, 6) is -0.181. The number of nitrogens with zero attached hydrogens (tertiary/aromatic N) is 1. The molecule has 0 fully saturated rings. The highest BCUT2D eigenvalue weighted by Gasteiger charge is 2.17. The fourth-order valence-corrected chi connectivity index (χ4v) is 2.72. The van der Waals surface area contributed by atoms with Crippen LogP contribution in [-0.4, -0.2) is 24.3 Å². The minimum atomic E-state index is -3.81. The molecule has 0 saturated heterocycles. The van der Waals surface area contributed by atoms with Crippen molar-refractivity contribution in [2.45, 2.75) is 18.4 Å². The Morgan fingerprint density at radius 3 is 2.81 bits per heavy atom. The van der Waals surface area contributed by atoms with Crippen molar-refractivity contribution in [3.63, 3.8) is 0 Å². The molecule has 1 aromatic heterocycles. The number of imidazole rings is 1. The number of hydrogen-bond acceptors (Lipinski definition) is 4. The summed E-state index contributed by atoms with van der Waals surface area (Å²) in [6.45, 7) is 1.72. The molecule has 0 atom stereocenters. The molecular formula is C12H13ClN4O3S. The number of aromatic nitrogens is 2. The Morgan fingerprint density at radius 1 is 1.43 bits per heavy atom. The van der Waals surface area contributed by atoms with Crippen LogP contribution in [-0.2, 0) is 14.8 Å². The van der Waals surface area contributed by atoms with Crippen LogP contribution in [0.5, 0.6) is 0 Å². The Labute approximate surface area is 126 Å². The van der Waals surface area contributed by atoms with Gasteiger partial charge >= 0.3 is 0 Å². The molecule has 21 heavy (non-hydrogen) atoms. The maximum absolute atomic E-state index is 12.1. The minimum Gasteiger partial charge on any atom is -0.334 e. The van der Waals surface area contributed by atoms with Crippen molar-refractivity contribution in [2.24, 2.45) is 0 Å². The van der Waals surface area contributed by atoms with Crippen molar-refractivity contribution in [3.05, 3.63) is 35.7 Å². The Hall–Kier alpha value is -2.06. The molecule has 0 aliphatic heterocycles. The summed E-state index contributed by atoms with van der Waals surface area (Å²) in [5.41, 5.74) is 0.619. The number of benzene rings is 1. The number of aromatic amines is 1. The van der Waals surface area contributed by atoms with Gasteiger partial charge in [0.1, 0.15) is 0 Å². The molecule has 2 aromatic rings. The molecule has 1 heterocycles. The van der Waals surface area contributed by atoms with Gasteiger partial charge in [-0.05, 0) is 18.2 Å². The third-order valence-corrected chi connectivity index (χ3v) is 4.20. The highest BCUT2D eigenvalue weighted by Crippen LogP contribution is 2.27. The first kappa shape index (κ1) is 15.3. The van der Waals surface area contributed by atoms with E-state index in [9.17, 15) is 13.2 Å². The Bertz CT molecular complexity index is 744. The first-order valence-electron chi connectivity index (χ1n) is 6.03. The van der Waals surface area contributed by atoms with Crippen LogP contribution >= 0.6 is 11.6 Å². The maximum atomic E-state index is 12.1. The van der Waals surface area contributed by atoms with Gasteiger partial charge in [-0.1, -0.05) is 18.5 Å². The highest BCUT2D eigenvalue weighted by atomic mass is 35.5. The molecule has 2 rings (SSSR count). The van der Waals surface area contributed by atoms with Crippen molar-refractivity contribution in [2.75, 3.05) is 10.0 Å². The zero-order chi connectivity index (χ0) is 15.5. The largest absolute Gasteiger partial charge is 0.334 e. The summed E-state index contributed by atoms with van der Waals surface area (Å²) in [6.07, 6.45) is 2.75. The van der Waals surface area contributed by atoms with E-state index in [1.54, 1.807) is 13.0 Å². The molecule has 0 bridgehead atoms. The number of hydrogen-bond donors (Lipinski definition) is 3. The monoisotopic (exact) mass is 328 g/mol. The Morgan fingerprint density at radius 2 is 2.19 bits per heavy atom. The van der Waals surface area contributed by atoms with Gasteiger partial charge in [-0.2, -0.15) is 8.42 Å². The maximum Gasteiger partial charge on any atom is 0.279 e. The molecule has 0 aliphatic rings. The van der Waals surface area contributed by atoms with E-state index >= 15 is 0 Å². The van der Waals surface area contributed by atoms with Crippen molar-refractivity contribution >= 4 is 38.9 Å². The summed E-state index contributed by atoms with van der Waals surface area (Å²) in [7, 11) is -3.81. The Kier molecular flexibility index (Phi) is 4.49. The number of nitrogens with one attached hydrogen (secondary N) is 3. The number of rotatable bonds is 5. The summed E-state index contributed by atoms with van der Waals surface area (Å²) < 4.78 is 26.5. The standard InChI is InChI=1S/C12H13ClN4O3S/c1-2-11(18)16-8-3-4-9(13)10(5-8)17-21(19,20)12-6-14-7-15-12/h3-7,17H,2H2,1H3,(H,14,15)(H,16,18). The normalized spacial score (nSPS) is 11.1. The first-order chi connectivity index (χ1) is 9.92. The molecule has 1 aromatic carbocycles. The van der Waals surface area contributed by atoms with Crippen LogP contribution in [0.15, 0.2) is 35.7 Å². The molecule has 0 radical (unpaired) electrons. The van der Waals surface area contributed by atoms with E-state index in [1.807, 2.05) is 0 Å². The molecule has 7 nitrogen and oxygen atoms in total. The fourth-order valence-electron chi connectivity index (χ4n) is 1.52. The summed E-state index contributed by atoms with van der Waals surface area (Å²) in [4.78, 5) is 17.5. The lowest BCUT2D eigenvalue weighted by Crippen LogP contribution is -2.14. The van der Waals surface area contributed by atoms with Crippen LogP contribution in [0, 0.1) is 0 Å². The van der Waals surface area contributed by atoms with Crippen molar-refractivity contribution < 1.29 is 13.2 Å². The lowest BCUT2D eigenvalue weighted by molar-refractivity contribution is -0.115. The second-order valence-electron chi connectivity index (χ2n) is 4.12. The molecule has 1 amide bonds. The summed E-state index contributed by atoms with van der Waals surface area (Å²) >= 11 is 5.97. The van der Waals surface area contributed by atoms with Gasteiger partial charge in [0.2, 0.25) is 5.91 Å². The average molecular weight is 329 g/mol. The van der Waals surface area contributed by atoms with Gasteiger partial charge in [0.15, 0.2) is 5.03 Å². The SMILES string of the molecule is CCC(=O)Nc1ccc(Cl)c(NS(=O)(=O)c2cnc[nH]2)c1. The third-order valence-electron chi connectivity index (χ3n) is 2.58. The topological polar surface area (TPSA) is 104 Å². The van der Waals surface area contributed by atoms with Gasteiger partial charge in [0.25, 0.3) is 10.0 Å². The quantitative estimate of drug-likeness (QED) is 0.782. The summed E-state index contributed by atoms with van der Waals surface area (Å²) in [5, 5.41) is 2.76. The predicted octanol–water partition coefficient (Wildman–Crippen LogP) is 2.21. The molecule has 0 aliphatic carbocycles. The van der Waals surface area contributed by atoms with Crippen molar-refractivity contribution in [1.29, 1.82) is 0 Å². The molecule has 0 saturated carbocycles. The third kappa shape index (κ3) is 3.73. The second-order valence-corrected chi connectivity index (χ2v) is 6.18.